The van der Waals surface area contributed by atoms with E-state index in [-0.39, 0.29) is 31.4 Å². The standard InChI is InChI=1S/C40H38N4O4/c41-38(44-40(28-15-4-1-5-16-28,29-17-6-2-7-18-29)30-19-8-3-9-20-30)42-26-14-25-36(37(45)46)43-39(47)48-27-35-33-23-12-10-21-31(33)32-22-11-13-24-34(32)35/h1-13,15-24,35-36H,14,25-27H2,(H,43,47)(H,45,46)(H3,41,42,44). The number of fused-ring (bicyclic) bond motifs is 3. The fraction of sp³-hybridized carbons (Fsp3) is 0.175. The number of nitrogens with two attached hydrogens (primary N) is 1. The largest absolute Gasteiger partial charge is 0.480 e. The summed E-state index contributed by atoms with van der Waals surface area (Å²) < 4.78 is 5.57. The van der Waals surface area contributed by atoms with Crippen molar-refractivity contribution in [1.82, 2.24) is 10.6 Å². The Morgan fingerprint density at radius 1 is 0.729 bits per heavy atom. The molecule has 1 aliphatic rings. The SMILES string of the molecule is NC(=NCCCC(NC(=O)OCC1c2ccccc2-c2ccccc21)C(=O)O)NC(c1ccccc1)(c1ccccc1)c1ccccc1. The van der Waals surface area contributed by atoms with E-state index in [4.69, 9.17) is 10.5 Å². The Morgan fingerprint density at radius 3 is 1.67 bits per heavy atom. The molecule has 0 bridgehead atoms. The summed E-state index contributed by atoms with van der Waals surface area (Å²) in [4.78, 5) is 29.4. The van der Waals surface area contributed by atoms with E-state index >= 15 is 0 Å². The Bertz CT molecular complexity index is 1740. The monoisotopic (exact) mass is 638 g/mol. The van der Waals surface area contributed by atoms with Crippen molar-refractivity contribution in [3.05, 3.63) is 167 Å². The first-order valence-corrected chi connectivity index (χ1v) is 16.1. The van der Waals surface area contributed by atoms with Crippen molar-refractivity contribution in [3.8, 4) is 11.1 Å². The minimum Gasteiger partial charge on any atom is -0.480 e. The van der Waals surface area contributed by atoms with Gasteiger partial charge in [0.2, 0.25) is 0 Å². The smallest absolute Gasteiger partial charge is 0.407 e. The van der Waals surface area contributed by atoms with Crippen molar-refractivity contribution in [1.29, 1.82) is 0 Å². The number of carbonyl (C=O) groups is 2. The van der Waals surface area contributed by atoms with Gasteiger partial charge in [0.1, 0.15) is 18.2 Å². The Morgan fingerprint density at radius 2 is 1.19 bits per heavy atom. The number of aliphatic imine (C=N–C) groups is 1. The van der Waals surface area contributed by atoms with Gasteiger partial charge in [-0.25, -0.2) is 9.59 Å². The number of guanidine groups is 1. The van der Waals surface area contributed by atoms with Crippen molar-refractivity contribution in [2.75, 3.05) is 13.2 Å². The lowest BCUT2D eigenvalue weighted by molar-refractivity contribution is -0.139. The fourth-order valence-corrected chi connectivity index (χ4v) is 6.55. The van der Waals surface area contributed by atoms with Crippen molar-refractivity contribution in [3.63, 3.8) is 0 Å². The van der Waals surface area contributed by atoms with Crippen LogP contribution in [0.25, 0.3) is 11.1 Å². The van der Waals surface area contributed by atoms with Crippen LogP contribution in [0.3, 0.4) is 0 Å². The van der Waals surface area contributed by atoms with Gasteiger partial charge in [-0.3, -0.25) is 4.99 Å². The molecule has 5 N–H and O–H groups in total. The lowest BCUT2D eigenvalue weighted by Gasteiger charge is -2.37. The zero-order valence-electron chi connectivity index (χ0n) is 26.5. The molecule has 0 fully saturated rings. The van der Waals surface area contributed by atoms with Crippen LogP contribution in [0, 0.1) is 0 Å². The summed E-state index contributed by atoms with van der Waals surface area (Å²) in [6.07, 6.45) is -0.248. The van der Waals surface area contributed by atoms with E-state index in [1.807, 2.05) is 127 Å². The predicted molar refractivity (Wildman–Crippen MR) is 188 cm³/mol. The van der Waals surface area contributed by atoms with Crippen LogP contribution in [0.5, 0.6) is 0 Å². The molecule has 1 aliphatic carbocycles. The van der Waals surface area contributed by atoms with E-state index in [2.05, 4.69) is 27.8 Å². The number of nitrogens with zero attached hydrogens (tertiary/aromatic N) is 1. The number of carbonyl (C=O) groups excluding carboxylic acids is 1. The zero-order chi connectivity index (χ0) is 33.3. The molecule has 1 amide bonds. The molecule has 8 heteroatoms. The van der Waals surface area contributed by atoms with Gasteiger partial charge in [0.05, 0.1) is 0 Å². The Hall–Kier alpha value is -5.89. The first kappa shape index (κ1) is 32.1. The molecular weight excluding hydrogens is 600 g/mol. The number of nitrogens with one attached hydrogen (secondary N) is 2. The lowest BCUT2D eigenvalue weighted by atomic mass is 9.77. The maximum absolute atomic E-state index is 12.8. The second kappa shape index (κ2) is 14.7. The molecule has 0 saturated carbocycles. The molecule has 0 aliphatic heterocycles. The molecule has 48 heavy (non-hydrogen) atoms. The maximum Gasteiger partial charge on any atom is 0.407 e. The average Bonchev–Trinajstić information content (AvgIpc) is 3.45. The summed E-state index contributed by atoms with van der Waals surface area (Å²) in [5.74, 6) is -1.05. The molecule has 0 heterocycles. The van der Waals surface area contributed by atoms with Gasteiger partial charge in [0.25, 0.3) is 0 Å². The molecule has 242 valence electrons. The number of carboxylic acid groups (broad SMARTS) is 1. The highest BCUT2D eigenvalue weighted by atomic mass is 16.5. The topological polar surface area (TPSA) is 126 Å². The Kier molecular flexibility index (Phi) is 9.81. The molecule has 0 aromatic heterocycles. The zero-order valence-corrected chi connectivity index (χ0v) is 26.5. The number of hydrogen-bond donors (Lipinski definition) is 4. The van der Waals surface area contributed by atoms with Crippen LogP contribution in [0.4, 0.5) is 4.79 Å². The number of benzene rings is 5. The first-order chi connectivity index (χ1) is 23.5. The van der Waals surface area contributed by atoms with Gasteiger partial charge in [-0.15, -0.1) is 0 Å². The quantitative estimate of drug-likeness (QED) is 0.0525. The molecule has 6 rings (SSSR count). The highest BCUT2D eigenvalue weighted by Crippen LogP contribution is 2.44. The number of amides is 1. The van der Waals surface area contributed by atoms with E-state index in [1.165, 1.54) is 0 Å². The second-order valence-corrected chi connectivity index (χ2v) is 11.7. The molecule has 0 radical (unpaired) electrons. The van der Waals surface area contributed by atoms with E-state index in [1.54, 1.807) is 0 Å². The van der Waals surface area contributed by atoms with Crippen molar-refractivity contribution < 1.29 is 19.4 Å². The van der Waals surface area contributed by atoms with Crippen LogP contribution in [0.1, 0.15) is 46.6 Å². The minimum atomic E-state index is -1.14. The average molecular weight is 639 g/mol. The minimum absolute atomic E-state index is 0.102. The summed E-state index contributed by atoms with van der Waals surface area (Å²) in [7, 11) is 0. The van der Waals surface area contributed by atoms with Crippen LogP contribution in [-0.4, -0.2) is 42.3 Å². The molecule has 1 unspecified atom stereocenters. The predicted octanol–water partition coefficient (Wildman–Crippen LogP) is 6.65. The van der Waals surface area contributed by atoms with Crippen molar-refractivity contribution in [2.45, 2.75) is 30.3 Å². The van der Waals surface area contributed by atoms with E-state index < -0.39 is 23.6 Å². The van der Waals surface area contributed by atoms with Crippen LogP contribution in [-0.2, 0) is 15.1 Å². The molecule has 8 nitrogen and oxygen atoms in total. The summed E-state index contributed by atoms with van der Waals surface area (Å²) in [6, 6.07) is 45.1. The summed E-state index contributed by atoms with van der Waals surface area (Å²) in [5, 5.41) is 15.9. The number of carboxylic acids is 1. The third-order valence-electron chi connectivity index (χ3n) is 8.80. The molecule has 0 saturated heterocycles. The highest BCUT2D eigenvalue weighted by Gasteiger charge is 2.37. The number of ether oxygens (including phenoxy) is 1. The molecule has 1 atom stereocenters. The molecular formula is C40H38N4O4. The van der Waals surface area contributed by atoms with Gasteiger partial charge in [0.15, 0.2) is 5.96 Å². The van der Waals surface area contributed by atoms with E-state index in [0.29, 0.717) is 6.42 Å². The molecule has 0 spiro atoms. The summed E-state index contributed by atoms with van der Waals surface area (Å²) in [6.45, 7) is 0.355. The van der Waals surface area contributed by atoms with Crippen LogP contribution >= 0.6 is 0 Å². The first-order valence-electron chi connectivity index (χ1n) is 16.1. The van der Waals surface area contributed by atoms with Crippen molar-refractivity contribution in [2.24, 2.45) is 10.7 Å². The van der Waals surface area contributed by atoms with Crippen LogP contribution < -0.4 is 16.4 Å². The number of rotatable bonds is 12. The number of hydrogen-bond acceptors (Lipinski definition) is 4. The Labute approximate surface area is 280 Å². The third-order valence-corrected chi connectivity index (χ3v) is 8.80. The third kappa shape index (κ3) is 6.78. The van der Waals surface area contributed by atoms with Crippen molar-refractivity contribution >= 4 is 18.0 Å². The van der Waals surface area contributed by atoms with Gasteiger partial charge in [-0.2, -0.15) is 0 Å². The van der Waals surface area contributed by atoms with Gasteiger partial charge in [-0.05, 0) is 51.8 Å². The lowest BCUT2D eigenvalue weighted by Crippen LogP contribution is -2.50. The number of alkyl carbamates (subject to hydrolysis) is 1. The summed E-state index contributed by atoms with van der Waals surface area (Å²) >= 11 is 0. The van der Waals surface area contributed by atoms with Gasteiger partial charge < -0.3 is 26.2 Å². The van der Waals surface area contributed by atoms with Gasteiger partial charge in [0, 0.05) is 12.5 Å². The van der Waals surface area contributed by atoms with E-state index in [9.17, 15) is 14.7 Å². The number of aliphatic carboxylic acids is 1. The Balaban J connectivity index is 1.10. The highest BCUT2D eigenvalue weighted by molar-refractivity contribution is 5.82. The van der Waals surface area contributed by atoms with Gasteiger partial charge in [-0.1, -0.05) is 140 Å². The molecule has 5 aromatic carbocycles. The normalized spacial score (nSPS) is 13.2. The van der Waals surface area contributed by atoms with Gasteiger partial charge >= 0.3 is 12.1 Å². The fourth-order valence-electron chi connectivity index (χ4n) is 6.55. The summed E-state index contributed by atoms with van der Waals surface area (Å²) in [5.41, 5.74) is 13.1. The van der Waals surface area contributed by atoms with E-state index in [0.717, 1.165) is 38.9 Å². The van der Waals surface area contributed by atoms with Crippen LogP contribution in [0.2, 0.25) is 0 Å². The second-order valence-electron chi connectivity index (χ2n) is 11.7. The van der Waals surface area contributed by atoms with Crippen LogP contribution in [0.15, 0.2) is 145 Å². The maximum atomic E-state index is 12.8. The molecule has 5 aromatic rings.